The van der Waals surface area contributed by atoms with Crippen LogP contribution in [0, 0.1) is 0 Å². The molecule has 16 heavy (non-hydrogen) atoms. The average molecular weight is 379 g/mol. The molecule has 0 bridgehead atoms. The number of hydrogen-bond acceptors (Lipinski definition) is 1. The molecule has 0 aromatic heterocycles. The molecule has 0 fully saturated rings. The molecule has 1 aliphatic carbocycles. The number of ether oxygens (including phenoxy) is 1. The molecule has 0 spiro atoms. The summed E-state index contributed by atoms with van der Waals surface area (Å²) < 4.78 is 10.4. The van der Waals surface area contributed by atoms with Crippen molar-refractivity contribution >= 4 is 18.2 Å². The van der Waals surface area contributed by atoms with Crippen LogP contribution < -0.4 is 15.2 Å². The van der Waals surface area contributed by atoms with E-state index >= 15 is 0 Å². The van der Waals surface area contributed by atoms with Crippen LogP contribution in [0.5, 0.6) is 5.75 Å². The van der Waals surface area contributed by atoms with E-state index in [1.807, 2.05) is 0 Å². The summed E-state index contributed by atoms with van der Waals surface area (Å²) in [6.07, 6.45) is 8.66. The van der Waals surface area contributed by atoms with Crippen LogP contribution in [-0.2, 0) is 22.9 Å². The first-order valence-electron chi connectivity index (χ1n) is 5.54. The van der Waals surface area contributed by atoms with Crippen molar-refractivity contribution in [3.63, 3.8) is 0 Å². The predicted octanol–water partition coefficient (Wildman–Crippen LogP) is 2.22. The van der Waals surface area contributed by atoms with Crippen molar-refractivity contribution in [2.24, 2.45) is 0 Å². The Balaban J connectivity index is 0.000000292. The number of fused-ring (bicyclic) bond motifs is 3. The third-order valence-electron chi connectivity index (χ3n) is 2.52. The van der Waals surface area contributed by atoms with Crippen LogP contribution in [0.4, 0.5) is 0 Å². The summed E-state index contributed by atoms with van der Waals surface area (Å²) in [6.45, 7) is 2.06. The third-order valence-corrected chi connectivity index (χ3v) is 2.52. The van der Waals surface area contributed by atoms with Gasteiger partial charge in [-0.3, -0.25) is 0 Å². The number of benzene rings is 1. The standard InChI is InChI=1S/C12H10O.2CH3.Hf/c1-8-7-10-6-5-9-3-2-4-11(9)12(10)13-8;;;/h2-8H,1H3;2*1H3;. The van der Waals surface area contributed by atoms with Gasteiger partial charge in [0, 0.05) is 10.8 Å². The minimum atomic E-state index is 0.0833. The zero-order valence-electron chi connectivity index (χ0n) is 9.95. The summed E-state index contributed by atoms with van der Waals surface area (Å²) >= 11 is 0.0833. The molecular weight excluding hydrogens is 363 g/mol. The molecule has 1 nitrogen and oxygen atoms in total. The van der Waals surface area contributed by atoms with Crippen LogP contribution in [0.25, 0.3) is 18.2 Å². The van der Waals surface area contributed by atoms with Gasteiger partial charge in [-0.25, -0.2) is 0 Å². The zero-order valence-corrected chi connectivity index (χ0v) is 13.5. The Labute approximate surface area is 108 Å². The van der Waals surface area contributed by atoms with Crippen LogP contribution in [0.1, 0.15) is 12.5 Å². The summed E-state index contributed by atoms with van der Waals surface area (Å²) in [6, 6.07) is 4.27. The summed E-state index contributed by atoms with van der Waals surface area (Å²) in [4.78, 5) is 0. The third kappa shape index (κ3) is 2.22. The second-order valence-electron chi connectivity index (χ2n) is 4.00. The first kappa shape index (κ1) is 11.8. The van der Waals surface area contributed by atoms with Gasteiger partial charge in [0.15, 0.2) is 0 Å². The molecule has 2 heteroatoms. The van der Waals surface area contributed by atoms with Gasteiger partial charge in [-0.05, 0) is 18.2 Å². The first-order valence-corrected chi connectivity index (χ1v) is 12.7. The van der Waals surface area contributed by atoms with E-state index in [9.17, 15) is 0 Å². The Kier molecular flexibility index (Phi) is 3.80. The monoisotopic (exact) mass is 380 g/mol. The fourth-order valence-electron chi connectivity index (χ4n) is 1.93. The second-order valence-corrected chi connectivity index (χ2v) is 7.59. The van der Waals surface area contributed by atoms with Gasteiger partial charge in [0.25, 0.3) is 0 Å². The van der Waals surface area contributed by atoms with E-state index in [0.29, 0.717) is 0 Å². The van der Waals surface area contributed by atoms with Crippen molar-refractivity contribution in [3.8, 4) is 5.75 Å². The molecule has 1 aromatic rings. The molecule has 0 N–H and O–H groups in total. The van der Waals surface area contributed by atoms with Gasteiger partial charge in [0.1, 0.15) is 11.9 Å². The van der Waals surface area contributed by atoms with Crippen LogP contribution in [0.15, 0.2) is 18.2 Å². The van der Waals surface area contributed by atoms with Gasteiger partial charge in [-0.2, -0.15) is 0 Å². The van der Waals surface area contributed by atoms with E-state index in [2.05, 4.69) is 52.7 Å². The molecule has 82 valence electrons. The fourth-order valence-corrected chi connectivity index (χ4v) is 1.93. The van der Waals surface area contributed by atoms with Crippen LogP contribution in [0.2, 0.25) is 9.36 Å². The summed E-state index contributed by atoms with van der Waals surface area (Å²) in [5.74, 6) is 1.05. The first-order chi connectivity index (χ1) is 7.76. The molecule has 1 atom stereocenters. The molecule has 3 rings (SSSR count). The molecule has 1 aromatic carbocycles. The van der Waals surface area contributed by atoms with Gasteiger partial charge in [0.2, 0.25) is 0 Å². The number of hydrogen-bond donors (Lipinski definition) is 0. The van der Waals surface area contributed by atoms with Crippen molar-refractivity contribution in [3.05, 3.63) is 34.2 Å². The predicted molar refractivity (Wildman–Crippen MR) is 65.5 cm³/mol. The second kappa shape index (κ2) is 5.13. The Bertz CT molecular complexity index is 528. The molecule has 0 radical (unpaired) electrons. The molecule has 1 heterocycles. The van der Waals surface area contributed by atoms with E-state index in [4.69, 9.17) is 4.74 Å². The van der Waals surface area contributed by atoms with E-state index in [1.165, 1.54) is 16.0 Å². The number of allylic oxidation sites excluding steroid dienone is 1. The van der Waals surface area contributed by atoms with E-state index in [0.717, 1.165) is 5.75 Å². The maximum atomic E-state index is 5.72. The topological polar surface area (TPSA) is 9.23 Å². The van der Waals surface area contributed by atoms with E-state index in [1.54, 1.807) is 0 Å². The molecule has 0 amide bonds. The Morgan fingerprint density at radius 1 is 1.19 bits per heavy atom. The van der Waals surface area contributed by atoms with Gasteiger partial charge in [-0.1, -0.05) is 30.4 Å². The Morgan fingerprint density at radius 2 is 1.88 bits per heavy atom. The van der Waals surface area contributed by atoms with Crippen molar-refractivity contribution in [2.75, 3.05) is 0 Å². The normalized spacial score (nSPS) is 18.3. The van der Waals surface area contributed by atoms with Gasteiger partial charge in [0.05, 0.1) is 0 Å². The summed E-state index contributed by atoms with van der Waals surface area (Å²) in [7, 11) is 0. The maximum absolute atomic E-state index is 5.72. The van der Waals surface area contributed by atoms with Gasteiger partial charge < -0.3 is 4.74 Å². The molecule has 2 aliphatic rings. The van der Waals surface area contributed by atoms with E-state index < -0.39 is 0 Å². The van der Waals surface area contributed by atoms with Crippen molar-refractivity contribution in [2.45, 2.75) is 22.4 Å². The summed E-state index contributed by atoms with van der Waals surface area (Å²) in [5.41, 5.74) is 1.23. The molecule has 1 unspecified atom stereocenters. The van der Waals surface area contributed by atoms with Crippen LogP contribution in [-0.4, -0.2) is 6.10 Å². The van der Waals surface area contributed by atoms with Crippen LogP contribution >= 0.6 is 0 Å². The van der Waals surface area contributed by atoms with Crippen molar-refractivity contribution < 1.29 is 27.6 Å². The van der Waals surface area contributed by atoms with Crippen molar-refractivity contribution in [1.82, 2.24) is 0 Å². The van der Waals surface area contributed by atoms with E-state index in [-0.39, 0.29) is 29.0 Å². The molecular formula is C14H16HfO. The van der Waals surface area contributed by atoms with Crippen molar-refractivity contribution in [1.29, 1.82) is 0 Å². The average Bonchev–Trinajstić information content (AvgIpc) is 2.81. The molecule has 1 aliphatic heterocycles. The zero-order chi connectivity index (χ0) is 11.5. The SMILES string of the molecule is CC1C=c2ccc3c(c2O1)C=CC=3.[CH3][Hf][CH3]. The fraction of sp³-hybridized carbons (Fsp3) is 0.286. The van der Waals surface area contributed by atoms with Gasteiger partial charge in [-0.15, -0.1) is 0 Å². The van der Waals surface area contributed by atoms with Crippen LogP contribution in [0.3, 0.4) is 0 Å². The quantitative estimate of drug-likeness (QED) is 0.629. The van der Waals surface area contributed by atoms with Gasteiger partial charge >= 0.3 is 32.3 Å². The summed E-state index contributed by atoms with van der Waals surface area (Å²) in [5, 5.41) is 2.49. The minimum absolute atomic E-state index is 0.0833. The number of rotatable bonds is 0. The molecule has 0 saturated heterocycles. The Morgan fingerprint density at radius 3 is 2.62 bits per heavy atom. The molecule has 0 saturated carbocycles. The Hall–Kier alpha value is -0.630.